The number of benzene rings is 1. The molecule has 0 radical (unpaired) electrons. The molecule has 1 heterocycles. The normalized spacial score (nSPS) is 9.93. The number of nitrogens with one attached hydrogen (secondary N) is 1. The van der Waals surface area contributed by atoms with Gasteiger partial charge >= 0.3 is 0 Å². The highest BCUT2D eigenvalue weighted by Gasteiger charge is 1.97. The molecule has 0 bridgehead atoms. The van der Waals surface area contributed by atoms with Gasteiger partial charge in [-0.25, -0.2) is 0 Å². The molecule has 15 heavy (non-hydrogen) atoms. The number of hydrogen-bond acceptors (Lipinski definition) is 1. The molecule has 2 heteroatoms. The van der Waals surface area contributed by atoms with Crippen LogP contribution in [0.25, 0.3) is 10.9 Å². The van der Waals surface area contributed by atoms with Crippen molar-refractivity contribution in [1.29, 1.82) is 0 Å². The predicted octanol–water partition coefficient (Wildman–Crippen LogP) is 2.29. The van der Waals surface area contributed by atoms with Crippen molar-refractivity contribution in [1.82, 2.24) is 4.98 Å². The minimum atomic E-state index is 0.211. The predicted molar refractivity (Wildman–Crippen MR) is 61.5 cm³/mol. The Morgan fingerprint density at radius 2 is 2.13 bits per heavy atom. The van der Waals surface area contributed by atoms with E-state index in [2.05, 4.69) is 22.9 Å². The highest BCUT2D eigenvalue weighted by Crippen LogP contribution is 2.16. The molecule has 0 saturated carbocycles. The van der Waals surface area contributed by atoms with Crippen molar-refractivity contribution in [3.05, 3.63) is 36.0 Å². The minimum Gasteiger partial charge on any atom is -0.396 e. The Morgan fingerprint density at radius 1 is 1.27 bits per heavy atom. The molecule has 0 saturated heterocycles. The fourth-order valence-corrected chi connectivity index (χ4v) is 1.50. The van der Waals surface area contributed by atoms with E-state index in [1.165, 1.54) is 0 Å². The van der Waals surface area contributed by atoms with E-state index in [4.69, 9.17) is 5.11 Å². The first-order chi connectivity index (χ1) is 7.42. The number of fused-ring (bicyclic) bond motifs is 1. The summed E-state index contributed by atoms with van der Waals surface area (Å²) in [6.07, 6.45) is 3.42. The molecule has 0 aliphatic rings. The molecule has 1 aromatic heterocycles. The monoisotopic (exact) mass is 199 g/mol. The summed E-state index contributed by atoms with van der Waals surface area (Å²) in [6.45, 7) is 0.211. The molecule has 2 aromatic rings. The quantitative estimate of drug-likeness (QED) is 0.565. The summed E-state index contributed by atoms with van der Waals surface area (Å²) in [4.78, 5) is 3.18. The SMILES string of the molecule is OCCCC#Cc1c[nH]c2ccccc12. The average molecular weight is 199 g/mol. The van der Waals surface area contributed by atoms with E-state index < -0.39 is 0 Å². The molecule has 0 spiro atoms. The second kappa shape index (κ2) is 4.68. The Hall–Kier alpha value is -1.72. The summed E-state index contributed by atoms with van der Waals surface area (Å²) in [6, 6.07) is 8.10. The van der Waals surface area contributed by atoms with Gasteiger partial charge in [0.1, 0.15) is 0 Å². The van der Waals surface area contributed by atoms with Crippen molar-refractivity contribution in [2.75, 3.05) is 6.61 Å². The maximum Gasteiger partial charge on any atom is 0.0498 e. The third-order valence-electron chi connectivity index (χ3n) is 2.27. The van der Waals surface area contributed by atoms with E-state index >= 15 is 0 Å². The lowest BCUT2D eigenvalue weighted by molar-refractivity contribution is 0.290. The first kappa shape index (κ1) is 9.82. The minimum absolute atomic E-state index is 0.211. The number of para-hydroxylation sites is 1. The van der Waals surface area contributed by atoms with Gasteiger partial charge in [-0.2, -0.15) is 0 Å². The van der Waals surface area contributed by atoms with Crippen LogP contribution in [-0.4, -0.2) is 16.7 Å². The van der Waals surface area contributed by atoms with Gasteiger partial charge in [-0.1, -0.05) is 30.0 Å². The summed E-state index contributed by atoms with van der Waals surface area (Å²) < 4.78 is 0. The van der Waals surface area contributed by atoms with Crippen LogP contribution in [0, 0.1) is 11.8 Å². The number of rotatable bonds is 2. The first-order valence-corrected chi connectivity index (χ1v) is 5.07. The number of aromatic amines is 1. The molecule has 76 valence electrons. The lowest BCUT2D eigenvalue weighted by Gasteiger charge is -1.88. The van der Waals surface area contributed by atoms with E-state index in [-0.39, 0.29) is 6.61 Å². The molecule has 2 nitrogen and oxygen atoms in total. The van der Waals surface area contributed by atoms with Crippen LogP contribution in [0.1, 0.15) is 18.4 Å². The van der Waals surface area contributed by atoms with Gasteiger partial charge < -0.3 is 10.1 Å². The van der Waals surface area contributed by atoms with Crippen molar-refractivity contribution >= 4 is 10.9 Å². The van der Waals surface area contributed by atoms with E-state index in [1.807, 2.05) is 24.4 Å². The fourth-order valence-electron chi connectivity index (χ4n) is 1.50. The lowest BCUT2D eigenvalue weighted by Crippen LogP contribution is -1.78. The van der Waals surface area contributed by atoms with E-state index in [0.717, 1.165) is 29.3 Å². The molecule has 1 aromatic carbocycles. The van der Waals surface area contributed by atoms with Gasteiger partial charge in [0.15, 0.2) is 0 Å². The van der Waals surface area contributed by atoms with Crippen LogP contribution in [0.15, 0.2) is 30.5 Å². The molecular formula is C13H13NO. The van der Waals surface area contributed by atoms with Crippen LogP contribution in [0.5, 0.6) is 0 Å². The van der Waals surface area contributed by atoms with Gasteiger partial charge in [0.05, 0.1) is 0 Å². The molecule has 0 amide bonds. The van der Waals surface area contributed by atoms with E-state index in [0.29, 0.717) is 0 Å². The van der Waals surface area contributed by atoms with Gasteiger partial charge in [-0.3, -0.25) is 0 Å². The molecule has 2 N–H and O–H groups in total. The number of aliphatic hydroxyl groups is 1. The van der Waals surface area contributed by atoms with Crippen LogP contribution in [0.2, 0.25) is 0 Å². The number of unbranched alkanes of at least 4 members (excludes halogenated alkanes) is 1. The number of aliphatic hydroxyl groups excluding tert-OH is 1. The zero-order valence-electron chi connectivity index (χ0n) is 8.46. The number of H-pyrrole nitrogens is 1. The fraction of sp³-hybridized carbons (Fsp3) is 0.231. The standard InChI is InChI=1S/C13H13NO/c15-9-5-1-2-6-11-10-14-13-8-4-3-7-12(11)13/h3-4,7-8,10,14-15H,1,5,9H2. The summed E-state index contributed by atoms with van der Waals surface area (Å²) in [7, 11) is 0. The van der Waals surface area contributed by atoms with Crippen molar-refractivity contribution in [3.63, 3.8) is 0 Å². The molecule has 0 fully saturated rings. The summed E-state index contributed by atoms with van der Waals surface area (Å²) in [5, 5.41) is 9.78. The van der Waals surface area contributed by atoms with Crippen LogP contribution in [0.3, 0.4) is 0 Å². The maximum atomic E-state index is 8.62. The highest BCUT2D eigenvalue weighted by molar-refractivity contribution is 5.85. The third kappa shape index (κ3) is 2.20. The molecule has 0 atom stereocenters. The van der Waals surface area contributed by atoms with Crippen LogP contribution >= 0.6 is 0 Å². The van der Waals surface area contributed by atoms with E-state index in [9.17, 15) is 0 Å². The Morgan fingerprint density at radius 3 is 3.00 bits per heavy atom. The van der Waals surface area contributed by atoms with Gasteiger partial charge in [0, 0.05) is 35.7 Å². The average Bonchev–Trinajstić information content (AvgIpc) is 2.68. The Balaban J connectivity index is 2.23. The number of aromatic nitrogens is 1. The Labute approximate surface area is 88.9 Å². The molecule has 0 unspecified atom stereocenters. The summed E-state index contributed by atoms with van der Waals surface area (Å²) in [5.74, 6) is 6.16. The van der Waals surface area contributed by atoms with Crippen molar-refractivity contribution in [3.8, 4) is 11.8 Å². The van der Waals surface area contributed by atoms with Gasteiger partial charge in [0.2, 0.25) is 0 Å². The number of hydrogen-bond donors (Lipinski definition) is 2. The van der Waals surface area contributed by atoms with Crippen LogP contribution in [-0.2, 0) is 0 Å². The zero-order valence-corrected chi connectivity index (χ0v) is 8.46. The van der Waals surface area contributed by atoms with Crippen LogP contribution in [0.4, 0.5) is 0 Å². The smallest absolute Gasteiger partial charge is 0.0498 e. The second-order valence-electron chi connectivity index (χ2n) is 3.38. The zero-order chi connectivity index (χ0) is 10.5. The second-order valence-corrected chi connectivity index (χ2v) is 3.38. The van der Waals surface area contributed by atoms with Crippen LogP contribution < -0.4 is 0 Å². The highest BCUT2D eigenvalue weighted by atomic mass is 16.2. The van der Waals surface area contributed by atoms with Gasteiger partial charge in [-0.15, -0.1) is 0 Å². The molecular weight excluding hydrogens is 186 g/mol. The van der Waals surface area contributed by atoms with Gasteiger partial charge in [-0.05, 0) is 12.5 Å². The summed E-state index contributed by atoms with van der Waals surface area (Å²) in [5.41, 5.74) is 2.15. The van der Waals surface area contributed by atoms with Crippen molar-refractivity contribution < 1.29 is 5.11 Å². The summed E-state index contributed by atoms with van der Waals surface area (Å²) >= 11 is 0. The van der Waals surface area contributed by atoms with E-state index in [1.54, 1.807) is 0 Å². The molecule has 0 aliphatic carbocycles. The lowest BCUT2D eigenvalue weighted by atomic mass is 10.2. The largest absolute Gasteiger partial charge is 0.396 e. The first-order valence-electron chi connectivity index (χ1n) is 5.07. The van der Waals surface area contributed by atoms with Gasteiger partial charge in [0.25, 0.3) is 0 Å². The third-order valence-corrected chi connectivity index (χ3v) is 2.27. The molecule has 2 rings (SSSR count). The maximum absolute atomic E-state index is 8.62. The Bertz CT molecular complexity index is 502. The van der Waals surface area contributed by atoms with Crippen molar-refractivity contribution in [2.24, 2.45) is 0 Å². The topological polar surface area (TPSA) is 36.0 Å². The van der Waals surface area contributed by atoms with Crippen molar-refractivity contribution in [2.45, 2.75) is 12.8 Å². The Kier molecular flexibility index (Phi) is 3.06. The molecule has 0 aliphatic heterocycles.